The normalized spacial score (nSPS) is 11.4. The number of nitrogens with zero attached hydrogens (tertiary/aromatic N) is 1. The number of hydrogen-bond acceptors (Lipinski definition) is 3. The molecule has 0 radical (unpaired) electrons. The molecule has 18 heavy (non-hydrogen) atoms. The topological polar surface area (TPSA) is 40.5 Å². The molecular weight excluding hydrogens is 226 g/mol. The predicted molar refractivity (Wildman–Crippen MR) is 71.9 cm³/mol. The van der Waals surface area contributed by atoms with Crippen molar-refractivity contribution in [3.8, 4) is 0 Å². The molecule has 3 heteroatoms. The summed E-state index contributed by atoms with van der Waals surface area (Å²) >= 11 is 0. The SMILES string of the molecule is CC(C)N(O)CC(=O)c1ccc2ccccc2c1. The average Bonchev–Trinajstić information content (AvgIpc) is 2.37. The van der Waals surface area contributed by atoms with E-state index in [0.29, 0.717) is 5.56 Å². The second-order valence-corrected chi connectivity index (χ2v) is 4.68. The number of fused-ring (bicyclic) bond motifs is 1. The van der Waals surface area contributed by atoms with Gasteiger partial charge >= 0.3 is 0 Å². The first kappa shape index (κ1) is 12.7. The Morgan fingerprint density at radius 1 is 1.17 bits per heavy atom. The lowest BCUT2D eigenvalue weighted by molar-refractivity contribution is -0.107. The first-order valence-corrected chi connectivity index (χ1v) is 6.05. The average molecular weight is 243 g/mol. The Labute approximate surface area is 107 Å². The second-order valence-electron chi connectivity index (χ2n) is 4.68. The van der Waals surface area contributed by atoms with Crippen molar-refractivity contribution in [3.05, 3.63) is 48.0 Å². The van der Waals surface area contributed by atoms with Crippen LogP contribution in [0.3, 0.4) is 0 Å². The van der Waals surface area contributed by atoms with E-state index in [1.165, 1.54) is 0 Å². The fraction of sp³-hybridized carbons (Fsp3) is 0.267. The van der Waals surface area contributed by atoms with Crippen LogP contribution in [0.5, 0.6) is 0 Å². The second kappa shape index (κ2) is 5.29. The van der Waals surface area contributed by atoms with E-state index < -0.39 is 0 Å². The third-order valence-corrected chi connectivity index (χ3v) is 2.97. The smallest absolute Gasteiger partial charge is 0.179 e. The molecule has 0 bridgehead atoms. The number of Topliss-reactive ketones (excluding diaryl/α,β-unsaturated/α-hetero) is 1. The number of benzene rings is 2. The van der Waals surface area contributed by atoms with Crippen LogP contribution in [0.15, 0.2) is 42.5 Å². The Kier molecular flexibility index (Phi) is 3.75. The molecule has 0 spiro atoms. The fourth-order valence-electron chi connectivity index (χ4n) is 1.78. The van der Waals surface area contributed by atoms with Crippen LogP contribution in [0.1, 0.15) is 24.2 Å². The molecule has 0 aliphatic heterocycles. The van der Waals surface area contributed by atoms with E-state index in [1.807, 2.05) is 50.2 Å². The van der Waals surface area contributed by atoms with Crippen LogP contribution in [-0.2, 0) is 0 Å². The lowest BCUT2D eigenvalue weighted by Crippen LogP contribution is -2.32. The van der Waals surface area contributed by atoms with E-state index >= 15 is 0 Å². The van der Waals surface area contributed by atoms with E-state index in [1.54, 1.807) is 6.07 Å². The summed E-state index contributed by atoms with van der Waals surface area (Å²) in [6.07, 6.45) is 0. The van der Waals surface area contributed by atoms with E-state index in [2.05, 4.69) is 0 Å². The maximum Gasteiger partial charge on any atom is 0.179 e. The van der Waals surface area contributed by atoms with Gasteiger partial charge in [0.1, 0.15) is 0 Å². The van der Waals surface area contributed by atoms with E-state index in [-0.39, 0.29) is 18.4 Å². The summed E-state index contributed by atoms with van der Waals surface area (Å²) in [6.45, 7) is 3.71. The molecule has 0 unspecified atom stereocenters. The molecular formula is C15H17NO2. The number of carbonyl (C=O) groups is 1. The molecule has 0 amide bonds. The van der Waals surface area contributed by atoms with Gasteiger partial charge < -0.3 is 5.21 Å². The maximum absolute atomic E-state index is 12.0. The van der Waals surface area contributed by atoms with Gasteiger partial charge in [-0.3, -0.25) is 4.79 Å². The van der Waals surface area contributed by atoms with Crippen LogP contribution >= 0.6 is 0 Å². The van der Waals surface area contributed by atoms with Crippen LogP contribution in [0.4, 0.5) is 0 Å². The van der Waals surface area contributed by atoms with Gasteiger partial charge in [-0.05, 0) is 30.7 Å². The van der Waals surface area contributed by atoms with Gasteiger partial charge in [0, 0.05) is 11.6 Å². The van der Waals surface area contributed by atoms with E-state index in [9.17, 15) is 10.0 Å². The molecule has 0 atom stereocenters. The largest absolute Gasteiger partial charge is 0.313 e. The van der Waals surface area contributed by atoms with Gasteiger partial charge in [-0.2, -0.15) is 5.06 Å². The standard InChI is InChI=1S/C15H17NO2/c1-11(2)16(18)10-15(17)14-8-7-12-5-3-4-6-13(12)9-14/h3-9,11,18H,10H2,1-2H3. The molecule has 3 nitrogen and oxygen atoms in total. The molecule has 0 aromatic heterocycles. The van der Waals surface area contributed by atoms with Gasteiger partial charge in [0.05, 0.1) is 6.54 Å². The first-order valence-electron chi connectivity index (χ1n) is 6.05. The lowest BCUT2D eigenvalue weighted by atomic mass is 10.0. The van der Waals surface area contributed by atoms with Crippen LogP contribution in [-0.4, -0.2) is 28.6 Å². The molecule has 2 aromatic rings. The predicted octanol–water partition coefficient (Wildman–Crippen LogP) is 3.12. The van der Waals surface area contributed by atoms with Gasteiger partial charge in [0.15, 0.2) is 5.78 Å². The van der Waals surface area contributed by atoms with Crippen LogP contribution in [0.2, 0.25) is 0 Å². The van der Waals surface area contributed by atoms with Crippen molar-refractivity contribution in [1.29, 1.82) is 0 Å². The molecule has 0 aliphatic rings. The van der Waals surface area contributed by atoms with Crippen molar-refractivity contribution in [1.82, 2.24) is 5.06 Å². The third-order valence-electron chi connectivity index (χ3n) is 2.97. The quantitative estimate of drug-likeness (QED) is 0.662. The summed E-state index contributed by atoms with van der Waals surface area (Å²) in [5.41, 5.74) is 0.633. The Hall–Kier alpha value is -1.71. The number of carbonyl (C=O) groups excluding carboxylic acids is 1. The summed E-state index contributed by atoms with van der Waals surface area (Å²) in [7, 11) is 0. The highest BCUT2D eigenvalue weighted by atomic mass is 16.5. The highest BCUT2D eigenvalue weighted by Gasteiger charge is 2.13. The molecule has 0 heterocycles. The maximum atomic E-state index is 12.0. The number of hydroxylamine groups is 2. The molecule has 0 fully saturated rings. The van der Waals surface area contributed by atoms with Gasteiger partial charge in [0.2, 0.25) is 0 Å². The van der Waals surface area contributed by atoms with Crippen molar-refractivity contribution in [2.75, 3.05) is 6.54 Å². The molecule has 0 aliphatic carbocycles. The molecule has 1 N–H and O–H groups in total. The Morgan fingerprint density at radius 2 is 1.83 bits per heavy atom. The van der Waals surface area contributed by atoms with Crippen molar-refractivity contribution in [3.63, 3.8) is 0 Å². The Morgan fingerprint density at radius 3 is 2.50 bits per heavy atom. The number of hydrogen-bond donors (Lipinski definition) is 1. The van der Waals surface area contributed by atoms with E-state index in [4.69, 9.17) is 0 Å². The zero-order valence-electron chi connectivity index (χ0n) is 10.6. The molecule has 2 rings (SSSR count). The summed E-state index contributed by atoms with van der Waals surface area (Å²) in [5.74, 6) is -0.0723. The fourth-order valence-corrected chi connectivity index (χ4v) is 1.78. The molecule has 0 saturated heterocycles. The van der Waals surface area contributed by atoms with Crippen LogP contribution < -0.4 is 0 Å². The van der Waals surface area contributed by atoms with Crippen molar-refractivity contribution in [2.24, 2.45) is 0 Å². The van der Waals surface area contributed by atoms with Crippen molar-refractivity contribution < 1.29 is 10.0 Å². The van der Waals surface area contributed by atoms with Crippen LogP contribution in [0.25, 0.3) is 10.8 Å². The molecule has 94 valence electrons. The first-order chi connectivity index (χ1) is 8.58. The highest BCUT2D eigenvalue weighted by Crippen LogP contribution is 2.16. The molecule has 2 aromatic carbocycles. The van der Waals surface area contributed by atoms with E-state index in [0.717, 1.165) is 15.8 Å². The minimum Gasteiger partial charge on any atom is -0.313 e. The van der Waals surface area contributed by atoms with Crippen molar-refractivity contribution in [2.45, 2.75) is 19.9 Å². The minimum absolute atomic E-state index is 0.0238. The lowest BCUT2D eigenvalue weighted by Gasteiger charge is -2.17. The zero-order valence-corrected chi connectivity index (χ0v) is 10.6. The summed E-state index contributed by atoms with van der Waals surface area (Å²) in [4.78, 5) is 12.0. The van der Waals surface area contributed by atoms with Gasteiger partial charge in [0.25, 0.3) is 0 Å². The van der Waals surface area contributed by atoms with Crippen LogP contribution in [0, 0.1) is 0 Å². The summed E-state index contributed by atoms with van der Waals surface area (Å²) < 4.78 is 0. The highest BCUT2D eigenvalue weighted by molar-refractivity contribution is 6.01. The minimum atomic E-state index is -0.0723. The molecule has 0 saturated carbocycles. The Bertz CT molecular complexity index is 563. The van der Waals surface area contributed by atoms with Crippen molar-refractivity contribution >= 4 is 16.6 Å². The van der Waals surface area contributed by atoms with Gasteiger partial charge in [-0.1, -0.05) is 36.4 Å². The Balaban J connectivity index is 2.23. The monoisotopic (exact) mass is 243 g/mol. The number of ketones is 1. The van der Waals surface area contributed by atoms with Gasteiger partial charge in [-0.15, -0.1) is 0 Å². The zero-order chi connectivity index (χ0) is 13.1. The summed E-state index contributed by atoms with van der Waals surface area (Å²) in [5, 5.41) is 12.8. The third kappa shape index (κ3) is 2.75. The van der Waals surface area contributed by atoms with Gasteiger partial charge in [-0.25, -0.2) is 0 Å². The number of rotatable bonds is 4. The summed E-state index contributed by atoms with van der Waals surface area (Å²) in [6, 6.07) is 13.4.